The van der Waals surface area contributed by atoms with E-state index in [1.54, 1.807) is 19.1 Å². The van der Waals surface area contributed by atoms with Crippen LogP contribution in [0.1, 0.15) is 23.7 Å². The molecule has 1 aliphatic rings. The van der Waals surface area contributed by atoms with Gasteiger partial charge in [0.05, 0.1) is 18.4 Å². The molecule has 0 atom stereocenters. The van der Waals surface area contributed by atoms with Crippen LogP contribution in [0.15, 0.2) is 29.8 Å². The summed E-state index contributed by atoms with van der Waals surface area (Å²) in [5.41, 5.74) is 0.959. The van der Waals surface area contributed by atoms with Gasteiger partial charge < -0.3 is 14.7 Å². The molecule has 21 heavy (non-hydrogen) atoms. The number of anilines is 1. The Bertz CT molecular complexity index is 647. The quantitative estimate of drug-likeness (QED) is 0.658. The number of carbonyl (C=O) groups is 3. The molecule has 2 rings (SSSR count). The van der Waals surface area contributed by atoms with Crippen LogP contribution in [0.25, 0.3) is 0 Å². The van der Waals surface area contributed by atoms with Crippen LogP contribution < -0.4 is 9.64 Å². The van der Waals surface area contributed by atoms with Gasteiger partial charge in [-0.05, 0) is 24.6 Å². The highest BCUT2D eigenvalue weighted by molar-refractivity contribution is 6.52. The smallest absolute Gasteiger partial charge is 0.331 e. The monoisotopic (exact) mass is 289 g/mol. The summed E-state index contributed by atoms with van der Waals surface area (Å²) < 4.78 is 5.03. The van der Waals surface area contributed by atoms with Crippen molar-refractivity contribution in [3.05, 3.63) is 35.4 Å². The van der Waals surface area contributed by atoms with Crippen molar-refractivity contribution >= 4 is 23.3 Å². The van der Waals surface area contributed by atoms with Gasteiger partial charge in [-0.3, -0.25) is 9.59 Å². The van der Waals surface area contributed by atoms with Gasteiger partial charge in [0, 0.05) is 12.1 Å². The number of aliphatic carboxylic acids is 1. The van der Waals surface area contributed by atoms with Crippen LogP contribution in [0.3, 0.4) is 0 Å². The largest absolute Gasteiger partial charge is 0.497 e. The molecule has 0 saturated heterocycles. The average Bonchev–Trinajstić information content (AvgIpc) is 2.71. The number of hydrogen-bond acceptors (Lipinski definition) is 4. The van der Waals surface area contributed by atoms with Gasteiger partial charge in [0.1, 0.15) is 5.75 Å². The fourth-order valence-corrected chi connectivity index (χ4v) is 2.17. The number of nitrogens with zero attached hydrogens (tertiary/aromatic N) is 1. The van der Waals surface area contributed by atoms with Crippen LogP contribution in [0.5, 0.6) is 5.75 Å². The third-order valence-electron chi connectivity index (χ3n) is 3.35. The number of amides is 1. The Morgan fingerprint density at radius 2 is 2.10 bits per heavy atom. The van der Waals surface area contributed by atoms with Gasteiger partial charge >= 0.3 is 5.97 Å². The lowest BCUT2D eigenvalue weighted by Gasteiger charge is -2.14. The normalized spacial score (nSPS) is 14.4. The summed E-state index contributed by atoms with van der Waals surface area (Å²) in [6.45, 7) is 1.77. The highest BCUT2D eigenvalue weighted by Gasteiger charge is 2.35. The van der Waals surface area contributed by atoms with Crippen molar-refractivity contribution in [3.8, 4) is 5.75 Å². The molecule has 0 radical (unpaired) electrons. The number of ether oxygens (including phenoxy) is 1. The molecule has 6 heteroatoms. The molecule has 1 amide bonds. The van der Waals surface area contributed by atoms with Crippen molar-refractivity contribution in [2.24, 2.45) is 0 Å². The summed E-state index contributed by atoms with van der Waals surface area (Å²) in [6.07, 6.45) is 1.80. The Morgan fingerprint density at radius 1 is 1.38 bits per heavy atom. The number of benzene rings is 1. The van der Waals surface area contributed by atoms with E-state index in [0.29, 0.717) is 17.9 Å². The molecule has 1 N–H and O–H groups in total. The Balaban J connectivity index is 2.33. The number of carboxylic acid groups (broad SMARTS) is 1. The van der Waals surface area contributed by atoms with Crippen molar-refractivity contribution in [3.63, 3.8) is 0 Å². The lowest BCUT2D eigenvalue weighted by atomic mass is 10.1. The molecule has 0 aliphatic carbocycles. The van der Waals surface area contributed by atoms with Gasteiger partial charge in [0.2, 0.25) is 0 Å². The minimum Gasteiger partial charge on any atom is -0.497 e. The number of fused-ring (bicyclic) bond motifs is 1. The zero-order valence-corrected chi connectivity index (χ0v) is 11.8. The Hall–Kier alpha value is -2.63. The Labute approximate surface area is 121 Å². The third kappa shape index (κ3) is 2.65. The van der Waals surface area contributed by atoms with Gasteiger partial charge in [-0.25, -0.2) is 4.79 Å². The average molecular weight is 289 g/mol. The minimum absolute atomic E-state index is 0.0549. The van der Waals surface area contributed by atoms with E-state index in [9.17, 15) is 14.4 Å². The van der Waals surface area contributed by atoms with Crippen LogP contribution in [-0.4, -0.2) is 36.4 Å². The van der Waals surface area contributed by atoms with Gasteiger partial charge in [-0.1, -0.05) is 13.0 Å². The lowest BCUT2D eigenvalue weighted by molar-refractivity contribution is -0.132. The first-order valence-corrected chi connectivity index (χ1v) is 6.46. The Morgan fingerprint density at radius 3 is 2.67 bits per heavy atom. The summed E-state index contributed by atoms with van der Waals surface area (Å²) in [7, 11) is 1.48. The Kier molecular flexibility index (Phi) is 4.07. The molecule has 0 saturated carbocycles. The van der Waals surface area contributed by atoms with Crippen LogP contribution in [0.4, 0.5) is 5.69 Å². The highest BCUT2D eigenvalue weighted by Crippen LogP contribution is 2.32. The molecule has 1 aromatic carbocycles. The summed E-state index contributed by atoms with van der Waals surface area (Å²) in [4.78, 5) is 36.2. The van der Waals surface area contributed by atoms with Crippen LogP contribution in [0, 0.1) is 0 Å². The van der Waals surface area contributed by atoms with Crippen molar-refractivity contribution in [2.75, 3.05) is 18.6 Å². The second-order valence-corrected chi connectivity index (χ2v) is 4.52. The van der Waals surface area contributed by atoms with E-state index in [1.165, 1.54) is 24.2 Å². The predicted molar refractivity (Wildman–Crippen MR) is 75.7 cm³/mol. The second-order valence-electron chi connectivity index (χ2n) is 4.52. The van der Waals surface area contributed by atoms with E-state index in [-0.39, 0.29) is 17.7 Å². The van der Waals surface area contributed by atoms with Gasteiger partial charge in [0.15, 0.2) is 0 Å². The topological polar surface area (TPSA) is 83.9 Å². The lowest BCUT2D eigenvalue weighted by Crippen LogP contribution is -2.30. The number of carbonyl (C=O) groups excluding carboxylic acids is 2. The SMILES string of the molecule is CCC(=CCN1C(=O)C(=O)c2cc(OC)ccc21)C(=O)O. The van der Waals surface area contributed by atoms with Crippen molar-refractivity contribution in [1.82, 2.24) is 0 Å². The third-order valence-corrected chi connectivity index (χ3v) is 3.35. The van der Waals surface area contributed by atoms with E-state index in [1.807, 2.05) is 0 Å². The number of carboxylic acids is 1. The fraction of sp³-hybridized carbons (Fsp3) is 0.267. The maximum absolute atomic E-state index is 12.0. The maximum atomic E-state index is 12.0. The van der Waals surface area contributed by atoms with E-state index in [2.05, 4.69) is 0 Å². The van der Waals surface area contributed by atoms with Crippen LogP contribution in [0.2, 0.25) is 0 Å². The molecule has 1 aliphatic heterocycles. The second kappa shape index (κ2) is 5.78. The van der Waals surface area contributed by atoms with E-state index in [0.717, 1.165) is 0 Å². The fourth-order valence-electron chi connectivity index (χ4n) is 2.17. The number of methoxy groups -OCH3 is 1. The molecule has 1 aromatic rings. The summed E-state index contributed by atoms with van der Waals surface area (Å²) in [6, 6.07) is 4.79. The number of Topliss-reactive ketones (excluding diaryl/α,β-unsaturated/α-hetero) is 1. The van der Waals surface area contributed by atoms with E-state index >= 15 is 0 Å². The van der Waals surface area contributed by atoms with Crippen molar-refractivity contribution in [2.45, 2.75) is 13.3 Å². The molecular weight excluding hydrogens is 274 g/mol. The van der Waals surface area contributed by atoms with Gasteiger partial charge in [0.25, 0.3) is 11.7 Å². The number of hydrogen-bond donors (Lipinski definition) is 1. The maximum Gasteiger partial charge on any atom is 0.331 e. The van der Waals surface area contributed by atoms with E-state index in [4.69, 9.17) is 9.84 Å². The standard InChI is InChI=1S/C15H15NO5/c1-3-9(15(19)20)6-7-16-12-5-4-10(21-2)8-11(12)13(17)14(16)18/h4-6,8H,3,7H2,1-2H3,(H,19,20). The van der Waals surface area contributed by atoms with Crippen LogP contribution in [-0.2, 0) is 9.59 Å². The molecule has 0 unspecified atom stereocenters. The minimum atomic E-state index is -1.02. The van der Waals surface area contributed by atoms with Crippen LogP contribution >= 0.6 is 0 Å². The van der Waals surface area contributed by atoms with Crippen molar-refractivity contribution in [1.29, 1.82) is 0 Å². The first kappa shape index (κ1) is 14.8. The highest BCUT2D eigenvalue weighted by atomic mass is 16.5. The van der Waals surface area contributed by atoms with Crippen molar-refractivity contribution < 1.29 is 24.2 Å². The summed E-state index contributed by atoms with van der Waals surface area (Å²) in [5, 5.41) is 8.97. The first-order valence-electron chi connectivity index (χ1n) is 6.46. The molecular formula is C15H15NO5. The van der Waals surface area contributed by atoms with E-state index < -0.39 is 17.7 Å². The molecule has 0 fully saturated rings. The number of rotatable bonds is 5. The molecule has 0 bridgehead atoms. The zero-order valence-electron chi connectivity index (χ0n) is 11.8. The number of ketones is 1. The molecule has 0 aromatic heterocycles. The molecule has 0 spiro atoms. The van der Waals surface area contributed by atoms with Gasteiger partial charge in [-0.2, -0.15) is 0 Å². The predicted octanol–water partition coefficient (Wildman–Crippen LogP) is 1.65. The summed E-state index contributed by atoms with van der Waals surface area (Å²) in [5.74, 6) is -1.79. The molecule has 110 valence electrons. The molecule has 1 heterocycles. The molecule has 6 nitrogen and oxygen atoms in total. The summed E-state index contributed by atoms with van der Waals surface area (Å²) >= 11 is 0. The zero-order chi connectivity index (χ0) is 15.6. The van der Waals surface area contributed by atoms with Gasteiger partial charge in [-0.15, -0.1) is 0 Å². The first-order chi connectivity index (χ1) is 9.99.